The molecule has 1 aliphatic rings. The maximum absolute atomic E-state index is 13.4. The topological polar surface area (TPSA) is 83.5 Å². The van der Waals surface area contributed by atoms with E-state index in [1.54, 1.807) is 16.5 Å². The van der Waals surface area contributed by atoms with Crippen LogP contribution in [-0.2, 0) is 9.53 Å². The first-order valence-corrected chi connectivity index (χ1v) is 10.8. The number of hydrogen-bond donors (Lipinski definition) is 1. The van der Waals surface area contributed by atoms with E-state index in [0.717, 1.165) is 11.4 Å². The number of pyridine rings is 1. The van der Waals surface area contributed by atoms with Crippen molar-refractivity contribution in [1.29, 1.82) is 0 Å². The Bertz CT molecular complexity index is 1020. The van der Waals surface area contributed by atoms with Crippen molar-refractivity contribution in [2.24, 2.45) is 0 Å². The Morgan fingerprint density at radius 1 is 1.35 bits per heavy atom. The van der Waals surface area contributed by atoms with E-state index in [4.69, 9.17) is 4.74 Å². The molecule has 10 heteroatoms. The first-order chi connectivity index (χ1) is 15.1. The first kappa shape index (κ1) is 21.1. The SMILES string of the molecule is CN(CCC(=O)N1CCOC(c2cccc(Nc3nncs3)n2)C1)c1cccc(F)c1. The minimum atomic E-state index is -0.296. The quantitative estimate of drug-likeness (QED) is 0.601. The van der Waals surface area contributed by atoms with E-state index in [1.807, 2.05) is 36.2 Å². The molecule has 2 aromatic heterocycles. The molecule has 1 N–H and O–H groups in total. The van der Waals surface area contributed by atoms with Crippen LogP contribution in [-0.4, -0.2) is 59.3 Å². The molecule has 3 heterocycles. The van der Waals surface area contributed by atoms with Crippen molar-refractivity contribution < 1.29 is 13.9 Å². The number of halogens is 1. The molecule has 1 aliphatic heterocycles. The lowest BCUT2D eigenvalue weighted by Crippen LogP contribution is -2.43. The van der Waals surface area contributed by atoms with Gasteiger partial charge in [-0.3, -0.25) is 4.79 Å². The van der Waals surface area contributed by atoms with Gasteiger partial charge in [0.15, 0.2) is 0 Å². The molecule has 31 heavy (non-hydrogen) atoms. The number of hydrogen-bond acceptors (Lipinski definition) is 8. The van der Waals surface area contributed by atoms with Gasteiger partial charge in [-0.1, -0.05) is 23.5 Å². The normalized spacial score (nSPS) is 16.2. The van der Waals surface area contributed by atoms with Crippen LogP contribution in [0.4, 0.5) is 21.0 Å². The Labute approximate surface area is 183 Å². The Morgan fingerprint density at radius 3 is 3.03 bits per heavy atom. The lowest BCUT2D eigenvalue weighted by atomic mass is 10.1. The number of anilines is 3. The molecule has 8 nitrogen and oxygen atoms in total. The van der Waals surface area contributed by atoms with Crippen molar-refractivity contribution in [2.75, 3.05) is 43.5 Å². The highest BCUT2D eigenvalue weighted by Crippen LogP contribution is 2.24. The van der Waals surface area contributed by atoms with Gasteiger partial charge in [0.05, 0.1) is 18.8 Å². The molecule has 1 unspecified atom stereocenters. The number of ether oxygens (including phenoxy) is 1. The molecule has 4 rings (SSSR count). The van der Waals surface area contributed by atoms with Crippen LogP contribution in [0.5, 0.6) is 0 Å². The van der Waals surface area contributed by atoms with Crippen molar-refractivity contribution >= 4 is 33.9 Å². The smallest absolute Gasteiger partial charge is 0.224 e. The van der Waals surface area contributed by atoms with Gasteiger partial charge in [0.1, 0.15) is 23.2 Å². The highest BCUT2D eigenvalue weighted by Gasteiger charge is 2.26. The molecule has 162 valence electrons. The van der Waals surface area contributed by atoms with Crippen LogP contribution >= 0.6 is 11.3 Å². The molecule has 0 bridgehead atoms. The van der Waals surface area contributed by atoms with Gasteiger partial charge in [-0.05, 0) is 30.3 Å². The molecular formula is C21H23FN6O2S. The van der Waals surface area contributed by atoms with Gasteiger partial charge in [-0.2, -0.15) is 0 Å². The lowest BCUT2D eigenvalue weighted by Gasteiger charge is -2.33. The zero-order valence-electron chi connectivity index (χ0n) is 17.1. The number of rotatable bonds is 7. The maximum Gasteiger partial charge on any atom is 0.224 e. The molecule has 0 radical (unpaired) electrons. The van der Waals surface area contributed by atoms with Crippen molar-refractivity contribution in [3.05, 3.63) is 59.5 Å². The van der Waals surface area contributed by atoms with Crippen LogP contribution in [0.2, 0.25) is 0 Å². The number of nitrogens with zero attached hydrogens (tertiary/aromatic N) is 5. The summed E-state index contributed by atoms with van der Waals surface area (Å²) in [4.78, 5) is 21.1. The fraction of sp³-hybridized carbons (Fsp3) is 0.333. The lowest BCUT2D eigenvalue weighted by molar-refractivity contribution is -0.138. The number of carbonyl (C=O) groups is 1. The maximum atomic E-state index is 13.4. The summed E-state index contributed by atoms with van der Waals surface area (Å²) < 4.78 is 19.3. The van der Waals surface area contributed by atoms with E-state index in [2.05, 4.69) is 20.5 Å². The number of carbonyl (C=O) groups excluding carboxylic acids is 1. The fourth-order valence-electron chi connectivity index (χ4n) is 3.36. The third-order valence-electron chi connectivity index (χ3n) is 5.02. The minimum absolute atomic E-state index is 0.0414. The minimum Gasteiger partial charge on any atom is -0.374 e. The molecule has 1 saturated heterocycles. The van der Waals surface area contributed by atoms with Gasteiger partial charge in [0, 0.05) is 32.2 Å². The van der Waals surface area contributed by atoms with E-state index >= 15 is 0 Å². The number of amides is 1. The number of aromatic nitrogens is 3. The highest BCUT2D eigenvalue weighted by atomic mass is 32.1. The van der Waals surface area contributed by atoms with Crippen molar-refractivity contribution in [3.8, 4) is 0 Å². The molecule has 0 spiro atoms. The van der Waals surface area contributed by atoms with E-state index in [-0.39, 0.29) is 17.8 Å². The molecule has 3 aromatic rings. The Hall–Kier alpha value is -3.11. The summed E-state index contributed by atoms with van der Waals surface area (Å²) in [6.07, 6.45) is 0.0426. The van der Waals surface area contributed by atoms with Crippen LogP contribution in [0.1, 0.15) is 18.2 Å². The highest BCUT2D eigenvalue weighted by molar-refractivity contribution is 7.13. The Balaban J connectivity index is 1.34. The predicted octanol–water partition coefficient (Wildman–Crippen LogP) is 3.24. The molecule has 1 amide bonds. The average molecular weight is 443 g/mol. The molecule has 0 aliphatic carbocycles. The Morgan fingerprint density at radius 2 is 2.23 bits per heavy atom. The number of nitrogens with one attached hydrogen (secondary N) is 1. The summed E-state index contributed by atoms with van der Waals surface area (Å²) in [5.74, 6) is 0.403. The van der Waals surface area contributed by atoms with Crippen LogP contribution < -0.4 is 10.2 Å². The summed E-state index contributed by atoms with van der Waals surface area (Å²) in [6, 6.07) is 12.0. The van der Waals surface area contributed by atoms with Gasteiger partial charge >= 0.3 is 0 Å². The van der Waals surface area contributed by atoms with E-state index in [0.29, 0.717) is 43.6 Å². The van der Waals surface area contributed by atoms with Gasteiger partial charge in [0.2, 0.25) is 11.0 Å². The second kappa shape index (κ2) is 9.80. The third-order valence-corrected chi connectivity index (χ3v) is 5.63. The van der Waals surface area contributed by atoms with E-state index in [1.165, 1.54) is 23.5 Å². The zero-order chi connectivity index (χ0) is 21.6. The summed E-state index contributed by atoms with van der Waals surface area (Å²) >= 11 is 1.39. The van der Waals surface area contributed by atoms with E-state index in [9.17, 15) is 9.18 Å². The van der Waals surface area contributed by atoms with Crippen LogP contribution in [0.15, 0.2) is 48.0 Å². The average Bonchev–Trinajstić information content (AvgIpc) is 3.30. The van der Waals surface area contributed by atoms with Crippen molar-refractivity contribution in [2.45, 2.75) is 12.5 Å². The van der Waals surface area contributed by atoms with E-state index < -0.39 is 0 Å². The van der Waals surface area contributed by atoms with Crippen molar-refractivity contribution in [1.82, 2.24) is 20.1 Å². The number of morpholine rings is 1. The van der Waals surface area contributed by atoms with Gasteiger partial charge in [0.25, 0.3) is 0 Å². The van der Waals surface area contributed by atoms with Gasteiger partial charge in [-0.25, -0.2) is 9.37 Å². The molecule has 1 aromatic carbocycles. The Kier molecular flexibility index (Phi) is 6.68. The van der Waals surface area contributed by atoms with Gasteiger partial charge in [-0.15, -0.1) is 10.2 Å². The largest absolute Gasteiger partial charge is 0.374 e. The summed E-state index contributed by atoms with van der Waals surface area (Å²) in [5, 5.41) is 11.5. The second-order valence-corrected chi connectivity index (χ2v) is 8.00. The third kappa shape index (κ3) is 5.53. The summed E-state index contributed by atoms with van der Waals surface area (Å²) in [7, 11) is 1.85. The zero-order valence-corrected chi connectivity index (χ0v) is 17.9. The van der Waals surface area contributed by atoms with Crippen LogP contribution in [0, 0.1) is 5.82 Å². The molecule has 1 atom stereocenters. The van der Waals surface area contributed by atoms with Crippen molar-refractivity contribution in [3.63, 3.8) is 0 Å². The van der Waals surface area contributed by atoms with Gasteiger partial charge < -0.3 is 19.9 Å². The standard InChI is InChI=1S/C21H23FN6O2S/c1-27(16-5-2-4-15(22)12-16)9-8-20(29)28-10-11-30-18(13-28)17-6-3-7-19(24-17)25-21-26-23-14-31-21/h2-7,12,14,18H,8-11,13H2,1H3,(H,24,25,26). The van der Waals surface area contributed by atoms with Crippen LogP contribution in [0.3, 0.4) is 0 Å². The molecular weight excluding hydrogens is 419 g/mol. The number of benzene rings is 1. The monoisotopic (exact) mass is 442 g/mol. The molecule has 1 fully saturated rings. The summed E-state index contributed by atoms with van der Waals surface area (Å²) in [6.45, 7) is 1.94. The summed E-state index contributed by atoms with van der Waals surface area (Å²) in [5.41, 5.74) is 3.14. The first-order valence-electron chi connectivity index (χ1n) is 9.95. The predicted molar refractivity (Wildman–Crippen MR) is 117 cm³/mol. The second-order valence-electron chi connectivity index (χ2n) is 7.17. The molecule has 0 saturated carbocycles. The van der Waals surface area contributed by atoms with Crippen LogP contribution in [0.25, 0.3) is 0 Å². The fourth-order valence-corrected chi connectivity index (χ4v) is 3.81.